The third-order valence-electron chi connectivity index (χ3n) is 5.82. The summed E-state index contributed by atoms with van der Waals surface area (Å²) >= 11 is 0. The van der Waals surface area contributed by atoms with Crippen LogP contribution in [0.1, 0.15) is 34.5 Å². The molecule has 166 valence electrons. The molecule has 1 amide bonds. The maximum Gasteiger partial charge on any atom is 0.270 e. The average Bonchev–Trinajstić information content (AvgIpc) is 3.45. The van der Waals surface area contributed by atoms with Gasteiger partial charge in [0.05, 0.1) is 16.3 Å². The van der Waals surface area contributed by atoms with Gasteiger partial charge in [0.25, 0.3) is 11.6 Å². The smallest absolute Gasteiger partial charge is 0.270 e. The lowest BCUT2D eigenvalue weighted by atomic mass is 10.1. The first kappa shape index (κ1) is 21.7. The lowest BCUT2D eigenvalue weighted by Crippen LogP contribution is -2.34. The predicted molar refractivity (Wildman–Crippen MR) is 123 cm³/mol. The molecule has 1 aliphatic heterocycles. The third kappa shape index (κ3) is 4.70. The first-order valence-electron chi connectivity index (χ1n) is 10.9. The van der Waals surface area contributed by atoms with Gasteiger partial charge in [-0.2, -0.15) is 5.10 Å². The average molecular weight is 434 g/mol. The van der Waals surface area contributed by atoms with Crippen molar-refractivity contribution >= 4 is 11.6 Å². The highest BCUT2D eigenvalue weighted by Crippen LogP contribution is 2.25. The van der Waals surface area contributed by atoms with Crippen LogP contribution >= 0.6 is 0 Å². The van der Waals surface area contributed by atoms with E-state index in [0.717, 1.165) is 36.4 Å². The van der Waals surface area contributed by atoms with Crippen LogP contribution in [0.5, 0.6) is 0 Å². The van der Waals surface area contributed by atoms with Gasteiger partial charge in [0, 0.05) is 30.8 Å². The molecule has 0 radical (unpaired) electrons. The SMILES string of the molecule is Cc1ccc(C)c(-n2nc(-c3ccc([N+](=O)[O-])cc3)cc2C(=O)NCCN2CCCC2)c1. The number of amides is 1. The Labute approximate surface area is 187 Å². The highest BCUT2D eigenvalue weighted by Gasteiger charge is 2.20. The Kier molecular flexibility index (Phi) is 6.32. The molecule has 1 saturated heterocycles. The number of nitro groups is 1. The van der Waals surface area contributed by atoms with Crippen LogP contribution < -0.4 is 5.32 Å². The molecule has 0 saturated carbocycles. The summed E-state index contributed by atoms with van der Waals surface area (Å²) in [6, 6.07) is 14.0. The molecule has 2 aromatic carbocycles. The van der Waals surface area contributed by atoms with Gasteiger partial charge in [-0.1, -0.05) is 12.1 Å². The van der Waals surface area contributed by atoms with E-state index in [0.29, 0.717) is 23.5 Å². The number of nitro benzene ring substituents is 1. The van der Waals surface area contributed by atoms with Gasteiger partial charge in [-0.25, -0.2) is 4.68 Å². The predicted octanol–water partition coefficient (Wildman–Crippen LogP) is 3.89. The molecule has 0 unspecified atom stereocenters. The molecule has 1 fully saturated rings. The van der Waals surface area contributed by atoms with Gasteiger partial charge >= 0.3 is 0 Å². The standard InChI is InChI=1S/C24H27N5O3/c1-17-5-6-18(2)22(15-17)28-23(24(30)25-11-14-27-12-3-4-13-27)16-21(26-28)19-7-9-20(10-8-19)29(31)32/h5-10,15-16H,3-4,11-14H2,1-2H3,(H,25,30). The Morgan fingerprint density at radius 3 is 2.50 bits per heavy atom. The van der Waals surface area contributed by atoms with Crippen LogP contribution in [0, 0.1) is 24.0 Å². The van der Waals surface area contributed by atoms with Crippen molar-refractivity contribution in [2.45, 2.75) is 26.7 Å². The largest absolute Gasteiger partial charge is 0.349 e. The summed E-state index contributed by atoms with van der Waals surface area (Å²) < 4.78 is 1.67. The molecule has 32 heavy (non-hydrogen) atoms. The molecule has 1 aromatic heterocycles. The molecule has 0 aliphatic carbocycles. The second kappa shape index (κ2) is 9.32. The lowest BCUT2D eigenvalue weighted by Gasteiger charge is -2.15. The Balaban J connectivity index is 1.65. The van der Waals surface area contributed by atoms with Crippen molar-refractivity contribution in [2.24, 2.45) is 0 Å². The zero-order valence-corrected chi connectivity index (χ0v) is 18.4. The first-order valence-corrected chi connectivity index (χ1v) is 10.9. The van der Waals surface area contributed by atoms with E-state index in [1.807, 2.05) is 32.0 Å². The third-order valence-corrected chi connectivity index (χ3v) is 5.82. The second-order valence-corrected chi connectivity index (χ2v) is 8.23. The Hall–Kier alpha value is -3.52. The normalized spacial score (nSPS) is 13.9. The molecule has 1 aliphatic rings. The van der Waals surface area contributed by atoms with Gasteiger partial charge in [-0.15, -0.1) is 0 Å². The van der Waals surface area contributed by atoms with Crippen LogP contribution in [0.2, 0.25) is 0 Å². The monoisotopic (exact) mass is 433 g/mol. The number of hydrogen-bond acceptors (Lipinski definition) is 5. The Morgan fingerprint density at radius 1 is 1.09 bits per heavy atom. The summed E-state index contributed by atoms with van der Waals surface area (Å²) in [7, 11) is 0. The number of hydrogen-bond donors (Lipinski definition) is 1. The van der Waals surface area contributed by atoms with Crippen LogP contribution in [0.25, 0.3) is 16.9 Å². The Bertz CT molecular complexity index is 1130. The van der Waals surface area contributed by atoms with Crippen molar-refractivity contribution in [3.8, 4) is 16.9 Å². The molecule has 8 nitrogen and oxygen atoms in total. The molecular weight excluding hydrogens is 406 g/mol. The van der Waals surface area contributed by atoms with Crippen molar-refractivity contribution in [3.05, 3.63) is 75.5 Å². The minimum atomic E-state index is -0.433. The van der Waals surface area contributed by atoms with E-state index < -0.39 is 4.92 Å². The summed E-state index contributed by atoms with van der Waals surface area (Å²) in [4.78, 5) is 26.0. The van der Waals surface area contributed by atoms with Crippen LogP contribution in [0.4, 0.5) is 5.69 Å². The number of non-ortho nitro benzene ring substituents is 1. The molecule has 4 rings (SSSR count). The van der Waals surface area contributed by atoms with E-state index in [1.54, 1.807) is 22.9 Å². The van der Waals surface area contributed by atoms with Crippen molar-refractivity contribution < 1.29 is 9.72 Å². The Morgan fingerprint density at radius 2 is 1.81 bits per heavy atom. The number of nitrogens with zero attached hydrogens (tertiary/aromatic N) is 4. The summed E-state index contributed by atoms with van der Waals surface area (Å²) in [6.07, 6.45) is 2.43. The molecule has 0 bridgehead atoms. The molecule has 8 heteroatoms. The number of rotatable bonds is 7. The number of likely N-dealkylation sites (tertiary alicyclic amines) is 1. The topological polar surface area (TPSA) is 93.3 Å². The molecule has 2 heterocycles. The highest BCUT2D eigenvalue weighted by molar-refractivity contribution is 5.94. The van der Waals surface area contributed by atoms with Gasteiger partial charge in [0.1, 0.15) is 5.69 Å². The number of carbonyl (C=O) groups is 1. The number of aromatic nitrogens is 2. The maximum absolute atomic E-state index is 13.1. The molecule has 1 N–H and O–H groups in total. The van der Waals surface area contributed by atoms with Gasteiger partial charge in [0.2, 0.25) is 0 Å². The lowest BCUT2D eigenvalue weighted by molar-refractivity contribution is -0.384. The number of aryl methyl sites for hydroxylation is 2. The quantitative estimate of drug-likeness (QED) is 0.451. The molecular formula is C24H27N5O3. The van der Waals surface area contributed by atoms with Crippen LogP contribution in [0.15, 0.2) is 48.5 Å². The fourth-order valence-corrected chi connectivity index (χ4v) is 3.99. The first-order chi connectivity index (χ1) is 15.4. The van der Waals surface area contributed by atoms with E-state index in [2.05, 4.69) is 10.2 Å². The highest BCUT2D eigenvalue weighted by atomic mass is 16.6. The summed E-state index contributed by atoms with van der Waals surface area (Å²) in [5, 5.41) is 18.7. The van der Waals surface area contributed by atoms with E-state index in [4.69, 9.17) is 5.10 Å². The van der Waals surface area contributed by atoms with E-state index in [9.17, 15) is 14.9 Å². The van der Waals surface area contributed by atoms with Gasteiger partial charge in [-0.3, -0.25) is 14.9 Å². The number of nitrogens with one attached hydrogen (secondary N) is 1. The molecule has 3 aromatic rings. The maximum atomic E-state index is 13.1. The zero-order valence-electron chi connectivity index (χ0n) is 18.4. The number of carbonyl (C=O) groups excluding carboxylic acids is 1. The van der Waals surface area contributed by atoms with Crippen LogP contribution in [0.3, 0.4) is 0 Å². The van der Waals surface area contributed by atoms with Gasteiger partial charge in [0.15, 0.2) is 0 Å². The minimum absolute atomic E-state index is 0.0163. The summed E-state index contributed by atoms with van der Waals surface area (Å²) in [5.41, 5.74) is 4.66. The van der Waals surface area contributed by atoms with Crippen molar-refractivity contribution in [2.75, 3.05) is 26.2 Å². The number of benzene rings is 2. The van der Waals surface area contributed by atoms with E-state index >= 15 is 0 Å². The van der Waals surface area contributed by atoms with Crippen molar-refractivity contribution in [1.29, 1.82) is 0 Å². The fourth-order valence-electron chi connectivity index (χ4n) is 3.99. The fraction of sp³-hybridized carbons (Fsp3) is 0.333. The van der Waals surface area contributed by atoms with E-state index in [-0.39, 0.29) is 11.6 Å². The van der Waals surface area contributed by atoms with Gasteiger partial charge < -0.3 is 10.2 Å². The van der Waals surface area contributed by atoms with Crippen LogP contribution in [-0.2, 0) is 0 Å². The van der Waals surface area contributed by atoms with E-state index in [1.165, 1.54) is 25.0 Å². The van der Waals surface area contributed by atoms with Gasteiger partial charge in [-0.05, 0) is 75.2 Å². The zero-order chi connectivity index (χ0) is 22.7. The van der Waals surface area contributed by atoms with Crippen molar-refractivity contribution in [1.82, 2.24) is 20.0 Å². The minimum Gasteiger partial charge on any atom is -0.349 e. The second-order valence-electron chi connectivity index (χ2n) is 8.23. The molecule has 0 spiro atoms. The summed E-state index contributed by atoms with van der Waals surface area (Å²) in [5.74, 6) is -0.189. The summed E-state index contributed by atoms with van der Waals surface area (Å²) in [6.45, 7) is 7.56. The van der Waals surface area contributed by atoms with Crippen LogP contribution in [-0.4, -0.2) is 51.7 Å². The van der Waals surface area contributed by atoms with Crippen molar-refractivity contribution in [3.63, 3.8) is 0 Å². The molecule has 0 atom stereocenters.